The number of rotatable bonds is 2. The Bertz CT molecular complexity index is 646. The molecule has 98 valence electrons. The van der Waals surface area contributed by atoms with Gasteiger partial charge in [0.25, 0.3) is 5.91 Å². The van der Waals surface area contributed by atoms with Crippen LogP contribution in [-0.2, 0) is 0 Å². The predicted octanol–water partition coefficient (Wildman–Crippen LogP) is 5.66. The van der Waals surface area contributed by atoms with Gasteiger partial charge in [-0.15, -0.1) is 0 Å². The summed E-state index contributed by atoms with van der Waals surface area (Å²) < 4.78 is 0.768. The van der Waals surface area contributed by atoms with Crippen molar-refractivity contribution in [3.63, 3.8) is 0 Å². The molecule has 0 atom stereocenters. The van der Waals surface area contributed by atoms with Gasteiger partial charge < -0.3 is 5.32 Å². The number of hydrogen-bond donors (Lipinski definition) is 1. The first kappa shape index (κ1) is 14.7. The van der Waals surface area contributed by atoms with Crippen LogP contribution in [0.25, 0.3) is 0 Å². The van der Waals surface area contributed by atoms with E-state index >= 15 is 0 Å². The van der Waals surface area contributed by atoms with E-state index in [9.17, 15) is 4.79 Å². The number of amides is 1. The first-order valence-corrected chi connectivity index (χ1v) is 7.11. The molecule has 1 N–H and O–H groups in total. The molecule has 0 radical (unpaired) electrons. The molecule has 0 aliphatic heterocycles. The molecule has 6 heteroatoms. The van der Waals surface area contributed by atoms with Gasteiger partial charge in [0.2, 0.25) is 0 Å². The minimum atomic E-state index is -0.337. The van der Waals surface area contributed by atoms with Crippen molar-refractivity contribution in [3.05, 3.63) is 61.5 Å². The van der Waals surface area contributed by atoms with E-state index in [1.54, 1.807) is 36.4 Å². The standard InChI is InChI=1S/C13H7BrCl3NO/c14-7-1-3-10(16)9(5-7)13(19)18-12-4-2-8(15)6-11(12)17/h1-6H,(H,18,19). The van der Waals surface area contributed by atoms with Crippen LogP contribution in [0.5, 0.6) is 0 Å². The van der Waals surface area contributed by atoms with Gasteiger partial charge >= 0.3 is 0 Å². The van der Waals surface area contributed by atoms with E-state index in [1.807, 2.05) is 0 Å². The van der Waals surface area contributed by atoms with E-state index in [-0.39, 0.29) is 5.91 Å². The molecule has 0 fully saturated rings. The molecule has 1 amide bonds. The summed E-state index contributed by atoms with van der Waals surface area (Å²) in [6.45, 7) is 0. The number of benzene rings is 2. The summed E-state index contributed by atoms with van der Waals surface area (Å²) in [5, 5.41) is 3.92. The second-order valence-electron chi connectivity index (χ2n) is 3.70. The smallest absolute Gasteiger partial charge is 0.257 e. The zero-order valence-corrected chi connectivity index (χ0v) is 13.2. The molecule has 0 saturated carbocycles. The minimum absolute atomic E-state index is 0.337. The minimum Gasteiger partial charge on any atom is -0.321 e. The Labute approximate surface area is 133 Å². The van der Waals surface area contributed by atoms with Gasteiger partial charge in [0.15, 0.2) is 0 Å². The molecule has 2 aromatic rings. The molecule has 2 nitrogen and oxygen atoms in total. The molecule has 2 aromatic carbocycles. The molecule has 0 heterocycles. The van der Waals surface area contributed by atoms with E-state index < -0.39 is 0 Å². The molecular weight excluding hydrogens is 372 g/mol. The third-order valence-electron chi connectivity index (χ3n) is 2.35. The maximum absolute atomic E-state index is 12.1. The van der Waals surface area contributed by atoms with Crippen molar-refractivity contribution in [2.24, 2.45) is 0 Å². The van der Waals surface area contributed by atoms with Crippen LogP contribution in [-0.4, -0.2) is 5.91 Å². The van der Waals surface area contributed by atoms with Crippen LogP contribution in [0.2, 0.25) is 15.1 Å². The maximum Gasteiger partial charge on any atom is 0.257 e. The van der Waals surface area contributed by atoms with Crippen molar-refractivity contribution in [1.82, 2.24) is 0 Å². The van der Waals surface area contributed by atoms with Gasteiger partial charge in [-0.1, -0.05) is 50.7 Å². The van der Waals surface area contributed by atoms with E-state index in [2.05, 4.69) is 21.2 Å². The molecular formula is C13H7BrCl3NO. The second kappa shape index (κ2) is 6.14. The Morgan fingerprint density at radius 1 is 1.00 bits per heavy atom. The van der Waals surface area contributed by atoms with E-state index in [0.29, 0.717) is 26.3 Å². The Kier molecular flexibility index (Phi) is 4.74. The van der Waals surface area contributed by atoms with Crippen LogP contribution < -0.4 is 5.32 Å². The van der Waals surface area contributed by atoms with Gasteiger partial charge in [-0.05, 0) is 36.4 Å². The lowest BCUT2D eigenvalue weighted by Crippen LogP contribution is -2.12. The predicted molar refractivity (Wildman–Crippen MR) is 83.6 cm³/mol. The molecule has 2 rings (SSSR count). The number of nitrogens with one attached hydrogen (secondary N) is 1. The summed E-state index contributed by atoms with van der Waals surface area (Å²) in [5.41, 5.74) is 0.842. The Hall–Kier alpha value is -0.740. The highest BCUT2D eigenvalue weighted by Gasteiger charge is 2.12. The number of carbonyl (C=O) groups excluding carboxylic acids is 1. The number of hydrogen-bond acceptors (Lipinski definition) is 1. The molecule has 0 unspecified atom stereocenters. The second-order valence-corrected chi connectivity index (χ2v) is 5.87. The van der Waals surface area contributed by atoms with Crippen molar-refractivity contribution < 1.29 is 4.79 Å². The van der Waals surface area contributed by atoms with Crippen LogP contribution in [0.1, 0.15) is 10.4 Å². The number of carbonyl (C=O) groups is 1. The maximum atomic E-state index is 12.1. The Morgan fingerprint density at radius 2 is 1.74 bits per heavy atom. The van der Waals surface area contributed by atoms with Crippen molar-refractivity contribution >= 4 is 62.3 Å². The largest absolute Gasteiger partial charge is 0.321 e. The molecule has 0 bridgehead atoms. The van der Waals surface area contributed by atoms with Gasteiger partial charge in [-0.25, -0.2) is 0 Å². The summed E-state index contributed by atoms with van der Waals surface area (Å²) >= 11 is 21.1. The van der Waals surface area contributed by atoms with Crippen molar-refractivity contribution in [1.29, 1.82) is 0 Å². The van der Waals surface area contributed by atoms with Crippen LogP contribution in [0.3, 0.4) is 0 Å². The number of anilines is 1. The van der Waals surface area contributed by atoms with Crippen molar-refractivity contribution in [2.75, 3.05) is 5.32 Å². The fourth-order valence-corrected chi connectivity index (χ4v) is 2.47. The SMILES string of the molecule is O=C(Nc1ccc(Cl)cc1Cl)c1cc(Br)ccc1Cl. The molecule has 0 spiro atoms. The highest BCUT2D eigenvalue weighted by atomic mass is 79.9. The van der Waals surface area contributed by atoms with E-state index in [1.165, 1.54) is 0 Å². The van der Waals surface area contributed by atoms with Gasteiger partial charge in [0, 0.05) is 9.50 Å². The normalized spacial score (nSPS) is 10.3. The molecule has 0 aromatic heterocycles. The van der Waals surface area contributed by atoms with Crippen LogP contribution >= 0.6 is 50.7 Å². The fourth-order valence-electron chi connectivity index (χ4n) is 1.45. The van der Waals surface area contributed by atoms with Crippen LogP contribution in [0, 0.1) is 0 Å². The third-order valence-corrected chi connectivity index (χ3v) is 3.72. The van der Waals surface area contributed by atoms with E-state index in [0.717, 1.165) is 4.47 Å². The summed E-state index contributed by atoms with van der Waals surface area (Å²) in [7, 11) is 0. The lowest BCUT2D eigenvalue weighted by Gasteiger charge is -2.09. The van der Waals surface area contributed by atoms with Gasteiger partial charge in [0.1, 0.15) is 0 Å². The lowest BCUT2D eigenvalue weighted by molar-refractivity contribution is 0.102. The van der Waals surface area contributed by atoms with Gasteiger partial charge in [0.05, 0.1) is 21.3 Å². The van der Waals surface area contributed by atoms with Gasteiger partial charge in [-0.3, -0.25) is 4.79 Å². The summed E-state index contributed by atoms with van der Waals surface area (Å²) in [6.07, 6.45) is 0. The zero-order chi connectivity index (χ0) is 14.0. The molecule has 0 saturated heterocycles. The van der Waals surface area contributed by atoms with Crippen molar-refractivity contribution in [2.45, 2.75) is 0 Å². The lowest BCUT2D eigenvalue weighted by atomic mass is 10.2. The average Bonchev–Trinajstić information content (AvgIpc) is 2.35. The Balaban J connectivity index is 2.28. The third kappa shape index (κ3) is 3.63. The number of halogens is 4. The quantitative estimate of drug-likeness (QED) is 0.716. The summed E-state index contributed by atoms with van der Waals surface area (Å²) in [5.74, 6) is -0.337. The first-order valence-electron chi connectivity index (χ1n) is 5.19. The Morgan fingerprint density at radius 3 is 2.42 bits per heavy atom. The molecule has 0 aliphatic rings. The zero-order valence-electron chi connectivity index (χ0n) is 9.38. The highest BCUT2D eigenvalue weighted by molar-refractivity contribution is 9.10. The fraction of sp³-hybridized carbons (Fsp3) is 0. The van der Waals surface area contributed by atoms with Crippen LogP contribution in [0.4, 0.5) is 5.69 Å². The average molecular weight is 379 g/mol. The summed E-state index contributed by atoms with van der Waals surface area (Å²) in [6, 6.07) is 9.88. The van der Waals surface area contributed by atoms with Crippen molar-refractivity contribution in [3.8, 4) is 0 Å². The first-order chi connectivity index (χ1) is 8.97. The topological polar surface area (TPSA) is 29.1 Å². The van der Waals surface area contributed by atoms with Gasteiger partial charge in [-0.2, -0.15) is 0 Å². The highest BCUT2D eigenvalue weighted by Crippen LogP contribution is 2.27. The molecule has 0 aliphatic carbocycles. The van der Waals surface area contributed by atoms with Crippen LogP contribution in [0.15, 0.2) is 40.9 Å². The summed E-state index contributed by atoms with van der Waals surface area (Å²) in [4.78, 5) is 12.1. The van der Waals surface area contributed by atoms with E-state index in [4.69, 9.17) is 34.8 Å². The molecule has 19 heavy (non-hydrogen) atoms. The monoisotopic (exact) mass is 377 g/mol.